The van der Waals surface area contributed by atoms with Crippen LogP contribution >= 0.6 is 0 Å². The molecule has 0 unspecified atom stereocenters. The highest BCUT2D eigenvalue weighted by molar-refractivity contribution is 5.72. The molecule has 1 N–H and O–H groups in total. The van der Waals surface area contributed by atoms with E-state index in [1.54, 1.807) is 0 Å². The van der Waals surface area contributed by atoms with Crippen LogP contribution in [0.15, 0.2) is 42.5 Å². The van der Waals surface area contributed by atoms with Gasteiger partial charge in [-0.2, -0.15) is 0 Å². The van der Waals surface area contributed by atoms with Crippen molar-refractivity contribution in [2.75, 3.05) is 0 Å². The fourth-order valence-corrected chi connectivity index (χ4v) is 3.51. The molecular formula is C24H34O. The number of unbranched alkanes of at least 4 members (excludes halogenated alkanes) is 8. The number of phenolic OH excluding ortho intramolecular Hbond substituents is 1. The van der Waals surface area contributed by atoms with Crippen LogP contribution in [0.3, 0.4) is 0 Å². The van der Waals surface area contributed by atoms with E-state index in [2.05, 4.69) is 38.1 Å². The molecule has 0 saturated heterocycles. The molecule has 2 aromatic carbocycles. The van der Waals surface area contributed by atoms with Gasteiger partial charge in [-0.1, -0.05) is 94.7 Å². The van der Waals surface area contributed by atoms with E-state index in [4.69, 9.17) is 0 Å². The van der Waals surface area contributed by atoms with Gasteiger partial charge in [0.2, 0.25) is 0 Å². The van der Waals surface area contributed by atoms with Gasteiger partial charge in [0.05, 0.1) is 0 Å². The number of aryl methyl sites for hydroxylation is 2. The first-order chi connectivity index (χ1) is 12.2. The Morgan fingerprint density at radius 3 is 2.00 bits per heavy atom. The van der Waals surface area contributed by atoms with Gasteiger partial charge < -0.3 is 5.11 Å². The number of hydrogen-bond acceptors (Lipinski definition) is 1. The lowest BCUT2D eigenvalue weighted by atomic mass is 9.95. The summed E-state index contributed by atoms with van der Waals surface area (Å²) in [6, 6.07) is 14.4. The predicted molar refractivity (Wildman–Crippen MR) is 109 cm³/mol. The van der Waals surface area contributed by atoms with Crippen molar-refractivity contribution in [3.8, 4) is 16.9 Å². The summed E-state index contributed by atoms with van der Waals surface area (Å²) in [6.07, 6.45) is 13.0. The Morgan fingerprint density at radius 1 is 0.760 bits per heavy atom. The third kappa shape index (κ3) is 6.57. The van der Waals surface area contributed by atoms with Crippen LogP contribution in [0, 0.1) is 6.92 Å². The molecule has 0 aliphatic heterocycles. The van der Waals surface area contributed by atoms with Gasteiger partial charge in [0.15, 0.2) is 0 Å². The molecule has 0 heterocycles. The lowest BCUT2D eigenvalue weighted by Gasteiger charge is -2.12. The molecule has 0 aliphatic rings. The molecular weight excluding hydrogens is 304 g/mol. The molecule has 0 radical (unpaired) electrons. The van der Waals surface area contributed by atoms with Gasteiger partial charge in [0.1, 0.15) is 5.75 Å². The van der Waals surface area contributed by atoms with Crippen molar-refractivity contribution in [3.05, 3.63) is 53.6 Å². The van der Waals surface area contributed by atoms with E-state index in [1.165, 1.54) is 63.4 Å². The van der Waals surface area contributed by atoms with Crippen LogP contribution in [-0.2, 0) is 6.42 Å². The Balaban J connectivity index is 1.81. The monoisotopic (exact) mass is 338 g/mol. The van der Waals surface area contributed by atoms with Crippen LogP contribution in [-0.4, -0.2) is 5.11 Å². The Labute approximate surface area is 154 Å². The SMILES string of the molecule is CCCCCCCCCCCc1cc(C)cc(-c2ccccc2)c1O. The lowest BCUT2D eigenvalue weighted by Crippen LogP contribution is -1.92. The van der Waals surface area contributed by atoms with Gasteiger partial charge in [0.25, 0.3) is 0 Å². The average molecular weight is 339 g/mol. The summed E-state index contributed by atoms with van der Waals surface area (Å²) in [5.74, 6) is 0.469. The smallest absolute Gasteiger partial charge is 0.126 e. The molecule has 0 amide bonds. The highest BCUT2D eigenvalue weighted by Gasteiger charge is 2.10. The summed E-state index contributed by atoms with van der Waals surface area (Å²) in [4.78, 5) is 0. The average Bonchev–Trinajstić information content (AvgIpc) is 2.63. The van der Waals surface area contributed by atoms with Crippen LogP contribution in [0.25, 0.3) is 11.1 Å². The van der Waals surface area contributed by atoms with Crippen molar-refractivity contribution >= 4 is 0 Å². The molecule has 25 heavy (non-hydrogen) atoms. The normalized spacial score (nSPS) is 11.0. The van der Waals surface area contributed by atoms with Crippen LogP contribution in [0.2, 0.25) is 0 Å². The molecule has 0 aliphatic carbocycles. The summed E-state index contributed by atoms with van der Waals surface area (Å²) in [6.45, 7) is 4.38. The highest BCUT2D eigenvalue weighted by atomic mass is 16.3. The zero-order chi connectivity index (χ0) is 17.9. The van der Waals surface area contributed by atoms with E-state index < -0.39 is 0 Å². The van der Waals surface area contributed by atoms with Crippen molar-refractivity contribution < 1.29 is 5.11 Å². The highest BCUT2D eigenvalue weighted by Crippen LogP contribution is 2.34. The maximum Gasteiger partial charge on any atom is 0.126 e. The molecule has 1 nitrogen and oxygen atoms in total. The molecule has 0 saturated carbocycles. The first-order valence-electron chi connectivity index (χ1n) is 10.1. The molecule has 0 bridgehead atoms. The van der Waals surface area contributed by atoms with Gasteiger partial charge in [-0.15, -0.1) is 0 Å². The van der Waals surface area contributed by atoms with E-state index in [0.29, 0.717) is 5.75 Å². The summed E-state index contributed by atoms with van der Waals surface area (Å²) in [5, 5.41) is 10.7. The van der Waals surface area contributed by atoms with Gasteiger partial charge in [-0.25, -0.2) is 0 Å². The molecule has 0 spiro atoms. The second-order valence-corrected chi connectivity index (χ2v) is 7.26. The molecule has 0 aromatic heterocycles. The van der Waals surface area contributed by atoms with Crippen molar-refractivity contribution in [2.45, 2.75) is 78.1 Å². The number of rotatable bonds is 11. The number of phenols is 1. The number of aromatic hydroxyl groups is 1. The zero-order valence-electron chi connectivity index (χ0n) is 16.1. The van der Waals surface area contributed by atoms with Crippen molar-refractivity contribution in [2.24, 2.45) is 0 Å². The van der Waals surface area contributed by atoms with Crippen molar-refractivity contribution in [1.82, 2.24) is 0 Å². The standard InChI is InChI=1S/C24H34O/c1-3-4-5-6-7-8-9-10-12-17-22-18-20(2)19-23(24(22)25)21-15-13-11-14-16-21/h11,13-16,18-19,25H,3-10,12,17H2,1-2H3. The molecule has 136 valence electrons. The van der Waals surface area contributed by atoms with E-state index in [-0.39, 0.29) is 0 Å². The summed E-state index contributed by atoms with van der Waals surface area (Å²) < 4.78 is 0. The van der Waals surface area contributed by atoms with Crippen molar-refractivity contribution in [3.63, 3.8) is 0 Å². The minimum Gasteiger partial charge on any atom is -0.507 e. The largest absolute Gasteiger partial charge is 0.507 e. The summed E-state index contributed by atoms with van der Waals surface area (Å²) >= 11 is 0. The topological polar surface area (TPSA) is 20.2 Å². The fourth-order valence-electron chi connectivity index (χ4n) is 3.51. The maximum absolute atomic E-state index is 10.7. The second-order valence-electron chi connectivity index (χ2n) is 7.26. The summed E-state index contributed by atoms with van der Waals surface area (Å²) in [5.41, 5.74) is 4.38. The van der Waals surface area contributed by atoms with Gasteiger partial charge in [0, 0.05) is 5.56 Å². The van der Waals surface area contributed by atoms with E-state index in [0.717, 1.165) is 23.1 Å². The molecule has 2 aromatic rings. The molecule has 2 rings (SSSR count). The Hall–Kier alpha value is -1.76. The minimum atomic E-state index is 0.469. The maximum atomic E-state index is 10.7. The second kappa shape index (κ2) is 11.0. The van der Waals surface area contributed by atoms with Crippen LogP contribution in [0.5, 0.6) is 5.75 Å². The van der Waals surface area contributed by atoms with E-state index >= 15 is 0 Å². The Bertz CT molecular complexity index is 615. The molecule has 0 atom stereocenters. The summed E-state index contributed by atoms with van der Waals surface area (Å²) in [7, 11) is 0. The first-order valence-corrected chi connectivity index (χ1v) is 10.1. The molecule has 0 fully saturated rings. The van der Waals surface area contributed by atoms with Gasteiger partial charge >= 0.3 is 0 Å². The van der Waals surface area contributed by atoms with Gasteiger partial charge in [-0.3, -0.25) is 0 Å². The van der Waals surface area contributed by atoms with E-state index in [9.17, 15) is 5.11 Å². The zero-order valence-corrected chi connectivity index (χ0v) is 16.1. The Morgan fingerprint density at radius 2 is 1.36 bits per heavy atom. The predicted octanol–water partition coefficient (Wildman–Crippen LogP) is 7.44. The first kappa shape index (κ1) is 19.6. The fraction of sp³-hybridized carbons (Fsp3) is 0.500. The quantitative estimate of drug-likeness (QED) is 0.422. The van der Waals surface area contributed by atoms with E-state index in [1.807, 2.05) is 18.2 Å². The lowest BCUT2D eigenvalue weighted by molar-refractivity contribution is 0.467. The third-order valence-electron chi connectivity index (χ3n) is 4.97. The van der Waals surface area contributed by atoms with Crippen LogP contribution in [0.1, 0.15) is 75.8 Å². The van der Waals surface area contributed by atoms with Crippen LogP contribution in [0.4, 0.5) is 0 Å². The van der Waals surface area contributed by atoms with Crippen LogP contribution < -0.4 is 0 Å². The molecule has 1 heteroatoms. The van der Waals surface area contributed by atoms with Gasteiger partial charge in [-0.05, 0) is 42.5 Å². The number of hydrogen-bond donors (Lipinski definition) is 1. The van der Waals surface area contributed by atoms with Crippen molar-refractivity contribution in [1.29, 1.82) is 0 Å². The minimum absolute atomic E-state index is 0.469. The Kier molecular flexibility index (Phi) is 8.59. The third-order valence-corrected chi connectivity index (χ3v) is 4.97. The number of benzene rings is 2.